The Kier molecular flexibility index (Phi) is 4.74. The normalized spacial score (nSPS) is 12.3. The van der Waals surface area contributed by atoms with E-state index in [-0.39, 0.29) is 22.3 Å². The van der Waals surface area contributed by atoms with Crippen LogP contribution in [0.5, 0.6) is 11.5 Å². The molecular weight excluding hydrogens is 436 g/mol. The molecule has 0 amide bonds. The maximum atomic E-state index is 10.4. The van der Waals surface area contributed by atoms with E-state index < -0.39 is 16.9 Å². The maximum Gasteiger partial charge on any atom is 0.151 e. The minimum Gasteiger partial charge on any atom is -0.505 e. The van der Waals surface area contributed by atoms with Crippen molar-refractivity contribution in [1.29, 1.82) is 21.0 Å². The van der Waals surface area contributed by atoms with Crippen LogP contribution in [-0.4, -0.2) is 10.2 Å². The molecule has 0 atom stereocenters. The highest BCUT2D eigenvalue weighted by atomic mass is 16.3. The Balaban J connectivity index is 2.05. The molecule has 0 aliphatic heterocycles. The molecule has 0 radical (unpaired) electrons. The number of rotatable bonds is 2. The molecule has 0 unspecified atom stereocenters. The lowest BCUT2D eigenvalue weighted by molar-refractivity contribution is 0.471. The predicted molar refractivity (Wildman–Crippen MR) is 126 cm³/mol. The molecule has 6 heteroatoms. The number of nitrogens with zero attached hydrogens (tertiary/aromatic N) is 4. The van der Waals surface area contributed by atoms with Gasteiger partial charge in [-0.25, -0.2) is 0 Å². The van der Waals surface area contributed by atoms with E-state index in [1.807, 2.05) is 72.8 Å². The molecule has 35 heavy (non-hydrogen) atoms. The van der Waals surface area contributed by atoms with Gasteiger partial charge in [0, 0.05) is 0 Å². The second kappa shape index (κ2) is 7.79. The lowest BCUT2D eigenvalue weighted by atomic mass is 9.66. The van der Waals surface area contributed by atoms with Crippen LogP contribution < -0.4 is 0 Å². The van der Waals surface area contributed by atoms with Crippen LogP contribution >= 0.6 is 0 Å². The van der Waals surface area contributed by atoms with Crippen molar-refractivity contribution >= 4 is 0 Å². The summed E-state index contributed by atoms with van der Waals surface area (Å²) in [6.07, 6.45) is 0. The van der Waals surface area contributed by atoms with Gasteiger partial charge in [0.1, 0.15) is 24.3 Å². The molecule has 5 rings (SSSR count). The first-order valence-corrected chi connectivity index (χ1v) is 10.6. The molecule has 1 aliphatic rings. The van der Waals surface area contributed by atoms with Crippen LogP contribution in [0.15, 0.2) is 72.8 Å². The van der Waals surface area contributed by atoms with Gasteiger partial charge in [-0.2, -0.15) is 21.0 Å². The van der Waals surface area contributed by atoms with E-state index in [1.54, 1.807) is 0 Å². The minimum atomic E-state index is -1.14. The fourth-order valence-corrected chi connectivity index (χ4v) is 5.07. The van der Waals surface area contributed by atoms with E-state index in [2.05, 4.69) is 0 Å². The molecule has 0 spiro atoms. The Hall–Kier alpha value is -5.56. The number of nitriles is 4. The molecule has 0 aromatic heterocycles. The summed E-state index contributed by atoms with van der Waals surface area (Å²) in [5.74, 6) is -0.816. The lowest BCUT2D eigenvalue weighted by Crippen LogP contribution is -2.29. The lowest BCUT2D eigenvalue weighted by Gasteiger charge is -2.34. The molecule has 162 valence electrons. The third-order valence-electron chi connectivity index (χ3n) is 6.52. The molecule has 6 nitrogen and oxygen atoms in total. The van der Waals surface area contributed by atoms with E-state index in [4.69, 9.17) is 0 Å². The topological polar surface area (TPSA) is 136 Å². The van der Waals surface area contributed by atoms with Gasteiger partial charge < -0.3 is 10.2 Å². The van der Waals surface area contributed by atoms with Gasteiger partial charge in [0.15, 0.2) is 11.5 Å². The van der Waals surface area contributed by atoms with Gasteiger partial charge in [-0.05, 0) is 57.6 Å². The van der Waals surface area contributed by atoms with Crippen LogP contribution in [-0.2, 0) is 5.41 Å². The van der Waals surface area contributed by atoms with E-state index in [0.717, 1.165) is 22.3 Å². The van der Waals surface area contributed by atoms with E-state index in [0.29, 0.717) is 11.1 Å². The number of phenolic OH excluding ortho intramolecular Hbond substituents is 2. The van der Waals surface area contributed by atoms with Gasteiger partial charge in [0.25, 0.3) is 0 Å². The van der Waals surface area contributed by atoms with Gasteiger partial charge in [-0.3, -0.25) is 0 Å². The highest BCUT2D eigenvalue weighted by Gasteiger charge is 2.47. The summed E-state index contributed by atoms with van der Waals surface area (Å²) in [4.78, 5) is 0. The molecule has 4 aromatic rings. The summed E-state index contributed by atoms with van der Waals surface area (Å²) in [6, 6.07) is 29.3. The zero-order valence-electron chi connectivity index (χ0n) is 18.1. The standard InChI is InChI=1S/C29H14N4O2/c30-13-17-9-21(10-18(14-31)27(17)34)29(22-11-19(15-32)28(35)20(12-22)16-33)25-7-3-1-5-23(25)24-6-2-4-8-26(24)29/h1-12,34-35H. The van der Waals surface area contributed by atoms with Gasteiger partial charge in [-0.15, -0.1) is 0 Å². The fraction of sp³-hybridized carbons (Fsp3) is 0.0345. The second-order valence-electron chi connectivity index (χ2n) is 8.13. The summed E-state index contributed by atoms with van der Waals surface area (Å²) >= 11 is 0. The van der Waals surface area contributed by atoms with Gasteiger partial charge in [0.05, 0.1) is 27.7 Å². The zero-order valence-corrected chi connectivity index (χ0v) is 18.1. The Morgan fingerprint density at radius 2 is 0.829 bits per heavy atom. The molecule has 0 saturated carbocycles. The van der Waals surface area contributed by atoms with E-state index in [1.165, 1.54) is 24.3 Å². The summed E-state index contributed by atoms with van der Waals surface area (Å²) in [7, 11) is 0. The van der Waals surface area contributed by atoms with Crippen molar-refractivity contribution < 1.29 is 10.2 Å². The Bertz CT molecular complexity index is 1530. The largest absolute Gasteiger partial charge is 0.505 e. The second-order valence-corrected chi connectivity index (χ2v) is 8.13. The summed E-state index contributed by atoms with van der Waals surface area (Å²) in [6.45, 7) is 0. The highest BCUT2D eigenvalue weighted by Crippen LogP contribution is 2.57. The zero-order chi connectivity index (χ0) is 24.7. The van der Waals surface area contributed by atoms with Crippen LogP contribution in [0.2, 0.25) is 0 Å². The SMILES string of the molecule is N#Cc1cc(C2(c3cc(C#N)c(O)c(C#N)c3)c3ccccc3-c3ccccc32)cc(C#N)c1O. The third kappa shape index (κ3) is 2.79. The van der Waals surface area contributed by atoms with Crippen LogP contribution in [0.4, 0.5) is 0 Å². The average molecular weight is 450 g/mol. The highest BCUT2D eigenvalue weighted by molar-refractivity contribution is 5.87. The number of hydrogen-bond donors (Lipinski definition) is 2. The van der Waals surface area contributed by atoms with Crippen molar-refractivity contribution in [3.8, 4) is 46.9 Å². The fourth-order valence-electron chi connectivity index (χ4n) is 5.07. The molecule has 1 aliphatic carbocycles. The molecule has 0 saturated heterocycles. The number of phenols is 2. The number of benzene rings is 4. The van der Waals surface area contributed by atoms with Crippen LogP contribution in [0.3, 0.4) is 0 Å². The summed E-state index contributed by atoms with van der Waals surface area (Å²) < 4.78 is 0. The van der Waals surface area contributed by atoms with Crippen molar-refractivity contribution in [2.24, 2.45) is 0 Å². The van der Waals surface area contributed by atoms with Crippen molar-refractivity contribution in [3.63, 3.8) is 0 Å². The maximum absolute atomic E-state index is 10.4. The molecule has 2 N–H and O–H groups in total. The number of aromatic hydroxyl groups is 2. The van der Waals surface area contributed by atoms with Gasteiger partial charge in [0.2, 0.25) is 0 Å². The molecule has 0 heterocycles. The van der Waals surface area contributed by atoms with Gasteiger partial charge in [-0.1, -0.05) is 48.5 Å². The summed E-state index contributed by atoms with van der Waals surface area (Å²) in [5, 5.41) is 59.7. The molecule has 0 fully saturated rings. The first-order valence-electron chi connectivity index (χ1n) is 10.6. The quantitative estimate of drug-likeness (QED) is 0.391. The van der Waals surface area contributed by atoms with Crippen LogP contribution in [0.25, 0.3) is 11.1 Å². The van der Waals surface area contributed by atoms with E-state index in [9.17, 15) is 31.3 Å². The first-order chi connectivity index (χ1) is 17.0. The summed E-state index contributed by atoms with van der Waals surface area (Å²) in [5.41, 5.74) is 3.08. The van der Waals surface area contributed by atoms with Crippen molar-refractivity contribution in [2.45, 2.75) is 5.41 Å². The number of fused-ring (bicyclic) bond motifs is 3. The van der Waals surface area contributed by atoms with Gasteiger partial charge >= 0.3 is 0 Å². The molecular formula is C29H14N4O2. The van der Waals surface area contributed by atoms with Crippen LogP contribution in [0, 0.1) is 45.3 Å². The number of hydrogen-bond acceptors (Lipinski definition) is 6. The Morgan fingerprint density at radius 3 is 1.14 bits per heavy atom. The minimum absolute atomic E-state index is 0.0694. The van der Waals surface area contributed by atoms with Crippen molar-refractivity contribution in [3.05, 3.63) is 117 Å². The molecule has 4 aromatic carbocycles. The van der Waals surface area contributed by atoms with Crippen molar-refractivity contribution in [2.75, 3.05) is 0 Å². The predicted octanol–water partition coefficient (Wildman–Crippen LogP) is 4.95. The average Bonchev–Trinajstić information content (AvgIpc) is 3.20. The van der Waals surface area contributed by atoms with E-state index >= 15 is 0 Å². The third-order valence-corrected chi connectivity index (χ3v) is 6.52. The smallest absolute Gasteiger partial charge is 0.151 e. The Labute approximate surface area is 201 Å². The molecule has 0 bridgehead atoms. The first kappa shape index (κ1) is 21.3. The van der Waals surface area contributed by atoms with Crippen molar-refractivity contribution in [1.82, 2.24) is 0 Å². The van der Waals surface area contributed by atoms with Crippen LogP contribution in [0.1, 0.15) is 44.5 Å². The monoisotopic (exact) mass is 450 g/mol. The Morgan fingerprint density at radius 1 is 0.514 bits per heavy atom.